The molecule has 0 bridgehead atoms. The number of anilines is 1. The maximum Gasteiger partial charge on any atom is 0.201 e. The third-order valence-corrected chi connectivity index (χ3v) is 5.71. The maximum absolute atomic E-state index is 5.96. The molecule has 2 aromatic carbocycles. The van der Waals surface area contributed by atoms with Gasteiger partial charge in [0.1, 0.15) is 5.69 Å². The summed E-state index contributed by atoms with van der Waals surface area (Å²) in [5, 5.41) is 4.24. The Bertz CT molecular complexity index is 1220. The van der Waals surface area contributed by atoms with Gasteiger partial charge >= 0.3 is 0 Å². The van der Waals surface area contributed by atoms with Gasteiger partial charge in [0.25, 0.3) is 0 Å². The first-order valence-corrected chi connectivity index (χ1v) is 10.6. The van der Waals surface area contributed by atoms with Crippen molar-refractivity contribution >= 4 is 28.6 Å². The average molecular weight is 413 g/mol. The SMILES string of the molecule is Clc1ccc(-c2ccc(C#Cc3ccc4[nH]c(NC5CCCC5)nc4c3)nc2)cc1. The van der Waals surface area contributed by atoms with Gasteiger partial charge in [-0.2, -0.15) is 0 Å². The van der Waals surface area contributed by atoms with Crippen molar-refractivity contribution in [3.05, 3.63) is 77.1 Å². The van der Waals surface area contributed by atoms with Gasteiger partial charge in [0.2, 0.25) is 5.95 Å². The van der Waals surface area contributed by atoms with Crippen LogP contribution < -0.4 is 5.32 Å². The lowest BCUT2D eigenvalue weighted by Crippen LogP contribution is -2.15. The molecular weight excluding hydrogens is 392 g/mol. The lowest BCUT2D eigenvalue weighted by atomic mass is 10.1. The average Bonchev–Trinajstić information content (AvgIpc) is 3.42. The molecule has 0 aliphatic heterocycles. The minimum absolute atomic E-state index is 0.534. The molecule has 148 valence electrons. The molecule has 1 aliphatic rings. The van der Waals surface area contributed by atoms with Gasteiger partial charge in [0.15, 0.2) is 0 Å². The zero-order valence-corrected chi connectivity index (χ0v) is 17.2. The fourth-order valence-electron chi connectivity index (χ4n) is 3.83. The largest absolute Gasteiger partial charge is 0.353 e. The van der Waals surface area contributed by atoms with Crippen molar-refractivity contribution in [1.82, 2.24) is 15.0 Å². The molecule has 1 fully saturated rings. The van der Waals surface area contributed by atoms with E-state index in [1.54, 1.807) is 0 Å². The van der Waals surface area contributed by atoms with Gasteiger partial charge in [-0.15, -0.1) is 0 Å². The van der Waals surface area contributed by atoms with E-state index < -0.39 is 0 Å². The minimum atomic E-state index is 0.534. The molecule has 5 rings (SSSR count). The number of pyridine rings is 1. The van der Waals surface area contributed by atoms with Crippen molar-refractivity contribution in [2.45, 2.75) is 31.7 Å². The van der Waals surface area contributed by atoms with Crippen LogP contribution >= 0.6 is 11.6 Å². The highest BCUT2D eigenvalue weighted by molar-refractivity contribution is 6.30. The number of benzene rings is 2. The summed E-state index contributed by atoms with van der Waals surface area (Å²) in [5.41, 5.74) is 5.72. The third kappa shape index (κ3) is 4.17. The highest BCUT2D eigenvalue weighted by atomic mass is 35.5. The summed E-state index contributed by atoms with van der Waals surface area (Å²) in [5.74, 6) is 7.19. The molecular formula is C25H21ClN4. The van der Waals surface area contributed by atoms with Gasteiger partial charge in [-0.25, -0.2) is 9.97 Å². The molecule has 2 N–H and O–H groups in total. The number of aromatic nitrogens is 3. The first-order chi connectivity index (χ1) is 14.7. The molecule has 1 saturated carbocycles. The van der Waals surface area contributed by atoms with Crippen LogP contribution in [0, 0.1) is 11.8 Å². The molecule has 0 amide bonds. The van der Waals surface area contributed by atoms with Gasteiger partial charge < -0.3 is 10.3 Å². The Morgan fingerprint density at radius 2 is 1.73 bits per heavy atom. The summed E-state index contributed by atoms with van der Waals surface area (Å²) in [6.45, 7) is 0. The first-order valence-electron chi connectivity index (χ1n) is 10.2. The van der Waals surface area contributed by atoms with E-state index in [2.05, 4.69) is 32.1 Å². The van der Waals surface area contributed by atoms with Crippen LogP contribution in [-0.2, 0) is 0 Å². The Kier molecular flexibility index (Phi) is 5.13. The summed E-state index contributed by atoms with van der Waals surface area (Å²) in [6, 6.07) is 18.3. The van der Waals surface area contributed by atoms with Crippen molar-refractivity contribution in [3.8, 4) is 23.0 Å². The van der Waals surface area contributed by atoms with Crippen molar-refractivity contribution in [3.63, 3.8) is 0 Å². The van der Waals surface area contributed by atoms with Crippen LogP contribution in [0.4, 0.5) is 5.95 Å². The standard InChI is InChI=1S/C25H21ClN4/c26-20-10-7-18(8-11-20)19-9-13-21(27-16-19)12-5-17-6-14-23-24(15-17)30-25(29-23)28-22-3-1-2-4-22/h6-11,13-16,22H,1-4H2,(H2,28,29,30). The number of H-pyrrole nitrogens is 1. The molecule has 0 unspecified atom stereocenters. The second-order valence-electron chi connectivity index (χ2n) is 7.63. The Morgan fingerprint density at radius 1 is 0.933 bits per heavy atom. The van der Waals surface area contributed by atoms with E-state index >= 15 is 0 Å². The molecule has 1 aliphatic carbocycles. The van der Waals surface area contributed by atoms with Crippen LogP contribution in [0.5, 0.6) is 0 Å². The van der Waals surface area contributed by atoms with Crippen LogP contribution in [0.2, 0.25) is 5.02 Å². The van der Waals surface area contributed by atoms with Gasteiger partial charge in [-0.1, -0.05) is 48.6 Å². The zero-order valence-electron chi connectivity index (χ0n) is 16.5. The fraction of sp³-hybridized carbons (Fsp3) is 0.200. The molecule has 0 saturated heterocycles. The number of aromatic amines is 1. The number of rotatable bonds is 3. The fourth-order valence-corrected chi connectivity index (χ4v) is 3.96. The Labute approximate surface area is 180 Å². The topological polar surface area (TPSA) is 53.6 Å². The number of hydrogen-bond donors (Lipinski definition) is 2. The van der Waals surface area contributed by atoms with Crippen molar-refractivity contribution < 1.29 is 0 Å². The lowest BCUT2D eigenvalue weighted by molar-refractivity contribution is 0.747. The van der Waals surface area contributed by atoms with Crippen LogP contribution in [0.15, 0.2) is 60.8 Å². The van der Waals surface area contributed by atoms with E-state index in [0.29, 0.717) is 6.04 Å². The number of hydrogen-bond acceptors (Lipinski definition) is 3. The Hall–Kier alpha value is -3.29. The second kappa shape index (κ2) is 8.22. The van der Waals surface area contributed by atoms with Crippen molar-refractivity contribution in [2.24, 2.45) is 0 Å². The first kappa shape index (κ1) is 18.7. The van der Waals surface area contributed by atoms with Crippen LogP contribution in [0.3, 0.4) is 0 Å². The van der Waals surface area contributed by atoms with Gasteiger partial charge in [-0.3, -0.25) is 0 Å². The molecule has 0 spiro atoms. The zero-order chi connectivity index (χ0) is 20.3. The summed E-state index contributed by atoms with van der Waals surface area (Å²) in [6.07, 6.45) is 6.87. The monoisotopic (exact) mass is 412 g/mol. The molecule has 5 heteroatoms. The molecule has 0 atom stereocenters. The molecule has 4 aromatic rings. The highest BCUT2D eigenvalue weighted by Crippen LogP contribution is 2.23. The van der Waals surface area contributed by atoms with Crippen LogP contribution in [-0.4, -0.2) is 21.0 Å². The van der Waals surface area contributed by atoms with Crippen molar-refractivity contribution in [1.29, 1.82) is 0 Å². The summed E-state index contributed by atoms with van der Waals surface area (Å²) >= 11 is 5.96. The normalized spacial score (nSPS) is 13.9. The van der Waals surface area contributed by atoms with E-state index in [0.717, 1.165) is 44.4 Å². The van der Waals surface area contributed by atoms with E-state index in [4.69, 9.17) is 11.6 Å². The molecule has 30 heavy (non-hydrogen) atoms. The molecule has 0 radical (unpaired) electrons. The summed E-state index contributed by atoms with van der Waals surface area (Å²) < 4.78 is 0. The second-order valence-corrected chi connectivity index (χ2v) is 8.07. The third-order valence-electron chi connectivity index (χ3n) is 5.46. The van der Waals surface area contributed by atoms with Gasteiger partial charge in [0, 0.05) is 28.4 Å². The van der Waals surface area contributed by atoms with Crippen LogP contribution in [0.1, 0.15) is 36.9 Å². The summed E-state index contributed by atoms with van der Waals surface area (Å²) in [7, 11) is 0. The van der Waals surface area contributed by atoms with E-state index in [9.17, 15) is 0 Å². The lowest BCUT2D eigenvalue weighted by Gasteiger charge is -2.09. The Balaban J connectivity index is 1.32. The summed E-state index contributed by atoms with van der Waals surface area (Å²) in [4.78, 5) is 12.5. The number of fused-ring (bicyclic) bond motifs is 1. The Morgan fingerprint density at radius 3 is 2.50 bits per heavy atom. The number of imidazole rings is 1. The van der Waals surface area contributed by atoms with E-state index in [1.165, 1.54) is 25.7 Å². The number of halogens is 1. The van der Waals surface area contributed by atoms with Crippen molar-refractivity contribution in [2.75, 3.05) is 5.32 Å². The predicted molar refractivity (Wildman–Crippen MR) is 123 cm³/mol. The van der Waals surface area contributed by atoms with Gasteiger partial charge in [0.05, 0.1) is 11.0 Å². The molecule has 4 nitrogen and oxygen atoms in total. The molecule has 2 heterocycles. The highest BCUT2D eigenvalue weighted by Gasteiger charge is 2.15. The van der Waals surface area contributed by atoms with Gasteiger partial charge in [-0.05, 0) is 60.7 Å². The van der Waals surface area contributed by atoms with E-state index in [-0.39, 0.29) is 0 Å². The number of nitrogens with zero attached hydrogens (tertiary/aromatic N) is 2. The maximum atomic E-state index is 5.96. The number of nitrogens with one attached hydrogen (secondary N) is 2. The smallest absolute Gasteiger partial charge is 0.201 e. The molecule has 2 aromatic heterocycles. The van der Waals surface area contributed by atoms with Crippen LogP contribution in [0.25, 0.3) is 22.2 Å². The quantitative estimate of drug-likeness (QED) is 0.404. The predicted octanol–water partition coefficient (Wildman–Crippen LogP) is 6.03. The van der Waals surface area contributed by atoms with E-state index in [1.807, 2.05) is 60.8 Å². The minimum Gasteiger partial charge on any atom is -0.353 e.